The van der Waals surface area contributed by atoms with Crippen LogP contribution in [0.4, 0.5) is 0 Å². The number of nitrogens with zero attached hydrogens (tertiary/aromatic N) is 6. The van der Waals surface area contributed by atoms with Crippen molar-refractivity contribution < 1.29 is 0 Å². The van der Waals surface area contributed by atoms with Crippen LogP contribution in [0.15, 0.2) is 188 Å². The highest BCUT2D eigenvalue weighted by molar-refractivity contribution is 6.27. The maximum absolute atomic E-state index is 12.6. The number of fused-ring (bicyclic) bond motifs is 13. The lowest BCUT2D eigenvalue weighted by Crippen LogP contribution is -2.15. The van der Waals surface area contributed by atoms with E-state index in [4.69, 9.17) is 0 Å². The van der Waals surface area contributed by atoms with Crippen molar-refractivity contribution >= 4 is 82.4 Å². The standard InChI is InChI=1S/C70H54N6/c1-69(2,3)44-38-36-43(37-39-44)62-66(74-56-30-16-10-24-46(56)47-25-11-17-31-57(47)74)53(41-71)64(54(42-72)67(62)75-58-32-18-12-26-48(58)49-27-13-19-33-59(49)75)76-60-34-20-14-28-50(60)52-40-55(70(4,5)6)68-63(65(52)76)51-29-15-21-35-61(51)73(68)45-22-8-7-9-23-45/h7-12,14-26,28-40H,13,27H2,1-6H3. The molecule has 1 aliphatic carbocycles. The van der Waals surface area contributed by atoms with Crippen molar-refractivity contribution in [2.45, 2.75) is 65.2 Å². The lowest BCUT2D eigenvalue weighted by atomic mass is 9.84. The molecule has 0 spiro atoms. The summed E-state index contributed by atoms with van der Waals surface area (Å²) in [6.45, 7) is 13.6. The van der Waals surface area contributed by atoms with Crippen LogP contribution in [0.1, 0.15) is 81.5 Å². The monoisotopic (exact) mass is 978 g/mol. The van der Waals surface area contributed by atoms with E-state index >= 15 is 0 Å². The maximum Gasteiger partial charge on any atom is 0.104 e. The van der Waals surface area contributed by atoms with Crippen molar-refractivity contribution in [1.29, 1.82) is 10.5 Å². The Kier molecular flexibility index (Phi) is 9.87. The van der Waals surface area contributed by atoms with Crippen molar-refractivity contribution in [2.75, 3.05) is 0 Å². The number of benzene rings is 9. The second-order valence-electron chi connectivity index (χ2n) is 22.6. The number of hydrogen-bond acceptors (Lipinski definition) is 2. The van der Waals surface area contributed by atoms with Gasteiger partial charge < -0.3 is 18.3 Å². The summed E-state index contributed by atoms with van der Waals surface area (Å²) in [6.07, 6.45) is 6.30. The molecule has 4 heterocycles. The van der Waals surface area contributed by atoms with Gasteiger partial charge in [0.1, 0.15) is 23.3 Å². The molecule has 6 nitrogen and oxygen atoms in total. The van der Waals surface area contributed by atoms with E-state index in [1.165, 1.54) is 16.7 Å². The van der Waals surface area contributed by atoms with E-state index in [0.717, 1.165) is 123 Å². The van der Waals surface area contributed by atoms with Gasteiger partial charge in [0.05, 0.1) is 55.7 Å². The number of hydrogen-bond donors (Lipinski definition) is 0. The Labute approximate surface area is 441 Å². The fraction of sp³-hybridized carbons (Fsp3) is 0.143. The summed E-state index contributed by atoms with van der Waals surface area (Å²) in [5.74, 6) is 0. The van der Waals surface area contributed by atoms with E-state index < -0.39 is 0 Å². The highest BCUT2D eigenvalue weighted by atomic mass is 15.1. The number of aromatic nitrogens is 4. The van der Waals surface area contributed by atoms with E-state index in [-0.39, 0.29) is 10.8 Å². The van der Waals surface area contributed by atoms with Gasteiger partial charge in [0.2, 0.25) is 0 Å². The quantitative estimate of drug-likeness (QED) is 0.172. The first-order valence-electron chi connectivity index (χ1n) is 26.5. The van der Waals surface area contributed by atoms with Crippen LogP contribution >= 0.6 is 0 Å². The van der Waals surface area contributed by atoms with Gasteiger partial charge in [-0.2, -0.15) is 10.5 Å². The molecule has 1 aliphatic rings. The SMILES string of the molecule is CC(C)(C)c1ccc(-c2c(-n3c4c(c5ccccc53)CCC=C4)c(C#N)c(-n3c4ccccc4c4cc(C(C)(C)C)c5c(c6ccccc6n5-c5ccccc5)c43)c(C#N)c2-n2c3ccccc3c3ccccc32)cc1. The number of nitriles is 2. The van der Waals surface area contributed by atoms with Gasteiger partial charge in [0, 0.05) is 54.6 Å². The molecule has 0 fully saturated rings. The number of aryl methyl sites for hydroxylation is 1. The average molecular weight is 979 g/mol. The van der Waals surface area contributed by atoms with Crippen molar-refractivity contribution in [3.05, 3.63) is 222 Å². The Morgan fingerprint density at radius 2 is 0.921 bits per heavy atom. The van der Waals surface area contributed by atoms with Gasteiger partial charge in [-0.3, -0.25) is 0 Å². The van der Waals surface area contributed by atoms with Crippen molar-refractivity contribution in [3.8, 4) is 46.0 Å². The lowest BCUT2D eigenvalue weighted by Gasteiger charge is -2.27. The molecule has 0 aliphatic heterocycles. The summed E-state index contributed by atoms with van der Waals surface area (Å²) < 4.78 is 9.41. The molecule has 0 bridgehead atoms. The summed E-state index contributed by atoms with van der Waals surface area (Å²) in [5, 5.41) is 32.8. The molecule has 14 rings (SSSR count). The minimum atomic E-state index is -0.282. The zero-order valence-electron chi connectivity index (χ0n) is 43.6. The van der Waals surface area contributed by atoms with Gasteiger partial charge >= 0.3 is 0 Å². The predicted octanol–water partition coefficient (Wildman–Crippen LogP) is 17.9. The summed E-state index contributed by atoms with van der Waals surface area (Å²) in [7, 11) is 0. The van der Waals surface area contributed by atoms with Crippen molar-refractivity contribution in [2.24, 2.45) is 0 Å². The Balaban J connectivity index is 1.30. The normalized spacial score (nSPS) is 12.9. The molecule has 0 amide bonds. The molecular weight excluding hydrogens is 925 g/mol. The smallest absolute Gasteiger partial charge is 0.104 e. The topological polar surface area (TPSA) is 67.3 Å². The Hall–Kier alpha value is -9.36. The maximum atomic E-state index is 12.6. The molecule has 0 N–H and O–H groups in total. The van der Waals surface area contributed by atoms with Gasteiger partial charge in [0.15, 0.2) is 0 Å². The zero-order chi connectivity index (χ0) is 51.8. The zero-order valence-corrected chi connectivity index (χ0v) is 43.6. The van der Waals surface area contributed by atoms with Crippen LogP contribution in [0.2, 0.25) is 0 Å². The van der Waals surface area contributed by atoms with Crippen molar-refractivity contribution in [3.63, 3.8) is 0 Å². The first-order valence-corrected chi connectivity index (χ1v) is 26.5. The largest absolute Gasteiger partial charge is 0.309 e. The highest BCUT2D eigenvalue weighted by Gasteiger charge is 2.36. The number of allylic oxidation sites excluding steroid dienone is 1. The first-order chi connectivity index (χ1) is 37.0. The van der Waals surface area contributed by atoms with Crippen LogP contribution < -0.4 is 0 Å². The minimum Gasteiger partial charge on any atom is -0.309 e. The Morgan fingerprint density at radius 3 is 1.49 bits per heavy atom. The molecule has 0 radical (unpaired) electrons. The van der Waals surface area contributed by atoms with E-state index in [0.29, 0.717) is 16.8 Å². The second-order valence-corrected chi connectivity index (χ2v) is 22.6. The lowest BCUT2D eigenvalue weighted by molar-refractivity contribution is 0.590. The van der Waals surface area contributed by atoms with E-state index in [1.54, 1.807) is 0 Å². The summed E-state index contributed by atoms with van der Waals surface area (Å²) in [6, 6.07) is 70.8. The van der Waals surface area contributed by atoms with Gasteiger partial charge in [-0.25, -0.2) is 0 Å². The molecule has 4 aromatic heterocycles. The Bertz CT molecular complexity index is 4660. The molecule has 364 valence electrons. The molecule has 0 saturated carbocycles. The summed E-state index contributed by atoms with van der Waals surface area (Å²) in [4.78, 5) is 0. The van der Waals surface area contributed by atoms with Gasteiger partial charge in [-0.1, -0.05) is 181 Å². The molecule has 0 atom stereocenters. The van der Waals surface area contributed by atoms with Crippen LogP contribution in [0.5, 0.6) is 0 Å². The second kappa shape index (κ2) is 16.6. The third-order valence-electron chi connectivity index (χ3n) is 16.2. The van der Waals surface area contributed by atoms with Crippen LogP contribution in [-0.4, -0.2) is 18.3 Å². The van der Waals surface area contributed by atoms with Gasteiger partial charge in [-0.15, -0.1) is 0 Å². The molecule has 76 heavy (non-hydrogen) atoms. The van der Waals surface area contributed by atoms with Crippen LogP contribution in [0.25, 0.3) is 116 Å². The van der Waals surface area contributed by atoms with Crippen LogP contribution in [0, 0.1) is 22.7 Å². The fourth-order valence-corrected chi connectivity index (χ4v) is 12.8. The van der Waals surface area contributed by atoms with Gasteiger partial charge in [-0.05, 0) is 101 Å². The average Bonchev–Trinajstić information content (AvgIpc) is 4.21. The predicted molar refractivity (Wildman–Crippen MR) is 316 cm³/mol. The van der Waals surface area contributed by atoms with E-state index in [1.807, 2.05) is 0 Å². The van der Waals surface area contributed by atoms with E-state index in [9.17, 15) is 10.5 Å². The molecular formula is C70H54N6. The Morgan fingerprint density at radius 1 is 0.434 bits per heavy atom. The fourth-order valence-electron chi connectivity index (χ4n) is 12.8. The third kappa shape index (κ3) is 6.38. The number of para-hydroxylation sites is 6. The molecule has 0 saturated heterocycles. The molecule has 13 aromatic rings. The molecule has 9 aromatic carbocycles. The van der Waals surface area contributed by atoms with Gasteiger partial charge in [0.25, 0.3) is 0 Å². The highest BCUT2D eigenvalue weighted by Crippen LogP contribution is 2.52. The minimum absolute atomic E-state index is 0.116. The number of rotatable bonds is 5. The van der Waals surface area contributed by atoms with Crippen LogP contribution in [0.3, 0.4) is 0 Å². The molecule has 6 heteroatoms. The van der Waals surface area contributed by atoms with E-state index in [2.05, 4.69) is 266 Å². The van der Waals surface area contributed by atoms with Crippen LogP contribution in [-0.2, 0) is 17.3 Å². The van der Waals surface area contributed by atoms with Crippen molar-refractivity contribution in [1.82, 2.24) is 18.3 Å². The summed E-state index contributed by atoms with van der Waals surface area (Å²) >= 11 is 0. The third-order valence-corrected chi connectivity index (χ3v) is 16.2. The first kappa shape index (κ1) is 45.3. The molecule has 0 unspecified atom stereocenters. The summed E-state index contributed by atoms with van der Waals surface area (Å²) in [5.41, 5.74) is 16.9.